The van der Waals surface area contributed by atoms with Gasteiger partial charge in [-0.25, -0.2) is 19.7 Å². The second-order valence-electron chi connectivity index (χ2n) is 8.67. The molecule has 1 amide bonds. The molecule has 34 heavy (non-hydrogen) atoms. The van der Waals surface area contributed by atoms with E-state index in [1.54, 1.807) is 6.20 Å². The summed E-state index contributed by atoms with van der Waals surface area (Å²) in [5.41, 5.74) is 1.31. The molecular weight excluding hydrogens is 456 g/mol. The number of anilines is 2. The van der Waals surface area contributed by atoms with Crippen LogP contribution < -0.4 is 29.7 Å². The zero-order valence-corrected chi connectivity index (χ0v) is 19.2. The van der Waals surface area contributed by atoms with Gasteiger partial charge >= 0.3 is 11.0 Å². The first kappa shape index (κ1) is 20.8. The minimum absolute atomic E-state index is 0.0636. The molecule has 0 radical (unpaired) electrons. The zero-order valence-electron chi connectivity index (χ0n) is 18.4. The van der Waals surface area contributed by atoms with Crippen molar-refractivity contribution in [2.75, 3.05) is 23.3 Å². The highest BCUT2D eigenvalue weighted by Crippen LogP contribution is 2.43. The van der Waals surface area contributed by atoms with E-state index in [1.807, 2.05) is 31.2 Å². The van der Waals surface area contributed by atoms with Crippen molar-refractivity contribution < 1.29 is 14.3 Å². The van der Waals surface area contributed by atoms with Crippen LogP contribution in [-0.4, -0.2) is 45.2 Å². The maximum atomic E-state index is 12.1. The number of hydrogen-bond donors (Lipinski definition) is 2. The largest absolute Gasteiger partial charge is 0.470 e. The topological polar surface area (TPSA) is 122 Å². The molecule has 1 unspecified atom stereocenters. The maximum Gasteiger partial charge on any atom is 0.413 e. The Morgan fingerprint density at radius 3 is 2.94 bits per heavy atom. The van der Waals surface area contributed by atoms with E-state index in [-0.39, 0.29) is 11.0 Å². The monoisotopic (exact) mass is 478 g/mol. The molecule has 0 saturated carbocycles. The molecule has 10 nitrogen and oxygen atoms in total. The molecule has 2 N–H and O–H groups in total. The third-order valence-corrected chi connectivity index (χ3v) is 7.40. The number of carbonyl (C=O) groups is 1. The molecule has 3 aromatic heterocycles. The lowest BCUT2D eigenvalue weighted by molar-refractivity contribution is -0.00853. The quantitative estimate of drug-likeness (QED) is 0.581. The number of H-pyrrole nitrogens is 1. The van der Waals surface area contributed by atoms with E-state index < -0.39 is 11.7 Å². The normalized spacial score (nSPS) is 20.6. The Balaban J connectivity index is 1.19. The van der Waals surface area contributed by atoms with E-state index in [2.05, 4.69) is 30.2 Å². The van der Waals surface area contributed by atoms with Crippen LogP contribution in [0.4, 0.5) is 16.4 Å². The highest BCUT2D eigenvalue weighted by Gasteiger charge is 2.45. The molecule has 1 atom stereocenters. The molecule has 1 fully saturated rings. The molecule has 1 aliphatic carbocycles. The summed E-state index contributed by atoms with van der Waals surface area (Å²) >= 11 is 1.19. The summed E-state index contributed by atoms with van der Waals surface area (Å²) in [6.45, 7) is 3.31. The summed E-state index contributed by atoms with van der Waals surface area (Å²) in [4.78, 5) is 41.9. The van der Waals surface area contributed by atoms with E-state index in [4.69, 9.17) is 9.47 Å². The molecular formula is C23H22N6O4S. The summed E-state index contributed by atoms with van der Waals surface area (Å²) in [5.74, 6) is 1.81. The third kappa shape index (κ3) is 3.61. The number of thiazole rings is 1. The number of aromatic amines is 1. The van der Waals surface area contributed by atoms with Gasteiger partial charge in [-0.2, -0.15) is 0 Å². The molecule has 11 heteroatoms. The van der Waals surface area contributed by atoms with Crippen molar-refractivity contribution in [1.82, 2.24) is 19.9 Å². The lowest BCUT2D eigenvalue weighted by atomic mass is 9.83. The molecule has 1 spiro atoms. The molecule has 174 valence electrons. The summed E-state index contributed by atoms with van der Waals surface area (Å²) in [7, 11) is 0. The summed E-state index contributed by atoms with van der Waals surface area (Å²) < 4.78 is 12.8. The number of rotatable bonds is 3. The third-order valence-electron chi connectivity index (χ3n) is 6.55. The number of nitrogens with one attached hydrogen (secondary N) is 2. The van der Waals surface area contributed by atoms with Gasteiger partial charge in [-0.1, -0.05) is 11.3 Å². The van der Waals surface area contributed by atoms with Crippen molar-refractivity contribution in [2.45, 2.75) is 37.9 Å². The first-order valence-electron chi connectivity index (χ1n) is 11.1. The highest BCUT2D eigenvalue weighted by atomic mass is 32.1. The van der Waals surface area contributed by atoms with Gasteiger partial charge < -0.3 is 19.4 Å². The van der Waals surface area contributed by atoms with Crippen LogP contribution in [0.2, 0.25) is 0 Å². The van der Waals surface area contributed by atoms with Crippen molar-refractivity contribution in [3.8, 4) is 5.88 Å². The van der Waals surface area contributed by atoms with E-state index in [9.17, 15) is 9.59 Å². The Morgan fingerprint density at radius 1 is 1.24 bits per heavy atom. The Morgan fingerprint density at radius 2 is 2.09 bits per heavy atom. The average molecular weight is 479 g/mol. The molecule has 6 rings (SSSR count). The lowest BCUT2D eigenvalue weighted by Gasteiger charge is -2.44. The van der Waals surface area contributed by atoms with Crippen molar-refractivity contribution in [3.63, 3.8) is 0 Å². The smallest absolute Gasteiger partial charge is 0.413 e. The molecule has 3 aliphatic rings. The van der Waals surface area contributed by atoms with Gasteiger partial charge in [0, 0.05) is 50.2 Å². The van der Waals surface area contributed by atoms with E-state index in [1.165, 1.54) is 17.7 Å². The Bertz CT molecular complexity index is 1460. The Kier molecular flexibility index (Phi) is 4.87. The predicted molar refractivity (Wildman–Crippen MR) is 126 cm³/mol. The fourth-order valence-corrected chi connectivity index (χ4v) is 5.80. The van der Waals surface area contributed by atoms with Crippen LogP contribution in [0.1, 0.15) is 31.7 Å². The standard InChI is InChI=1S/C23H22N6O4S/c1-13-9-14(10-16-19(13)27-22(31)34-16)32-18-11-17(25-12-26-18)29-7-4-23(5-8-29)15-3-2-6-24-20(15)28-21(30)33-23/h2-3,6,10-12,14H,4-5,7-9H2,1H3,(H,27,31)(H,24,28,30). The highest BCUT2D eigenvalue weighted by molar-refractivity contribution is 7.07. The van der Waals surface area contributed by atoms with Gasteiger partial charge in [0.15, 0.2) is 0 Å². The number of hydrogen-bond acceptors (Lipinski definition) is 9. The van der Waals surface area contributed by atoms with E-state index in [0.717, 1.165) is 26.8 Å². The number of piperidine rings is 1. The number of pyridine rings is 1. The van der Waals surface area contributed by atoms with Crippen LogP contribution in [0.3, 0.4) is 0 Å². The Hall–Kier alpha value is -3.73. The molecule has 3 aromatic rings. The minimum atomic E-state index is -0.685. The second-order valence-corrected chi connectivity index (χ2v) is 9.69. The number of nitrogens with zero attached hydrogens (tertiary/aromatic N) is 4. The number of ether oxygens (including phenoxy) is 2. The summed E-state index contributed by atoms with van der Waals surface area (Å²) in [6.07, 6.45) is 6.38. The van der Waals surface area contributed by atoms with Crippen molar-refractivity contribution >= 4 is 40.7 Å². The van der Waals surface area contributed by atoms with Crippen LogP contribution >= 0.6 is 11.3 Å². The van der Waals surface area contributed by atoms with Gasteiger partial charge in [-0.05, 0) is 30.7 Å². The van der Waals surface area contributed by atoms with Gasteiger partial charge in [0.05, 0.1) is 9.88 Å². The minimum Gasteiger partial charge on any atom is -0.470 e. The van der Waals surface area contributed by atoms with Gasteiger partial charge in [0.2, 0.25) is 5.88 Å². The van der Waals surface area contributed by atoms with Gasteiger partial charge in [-0.3, -0.25) is 10.1 Å². The van der Waals surface area contributed by atoms with Gasteiger partial charge in [-0.15, -0.1) is 0 Å². The van der Waals surface area contributed by atoms with Crippen LogP contribution in [-0.2, 0) is 10.3 Å². The van der Waals surface area contributed by atoms with Crippen molar-refractivity contribution in [1.29, 1.82) is 0 Å². The lowest BCUT2D eigenvalue weighted by Crippen LogP contribution is -2.48. The number of aromatic nitrogens is 4. The predicted octanol–water partition coefficient (Wildman–Crippen LogP) is 1.48. The Labute approximate surface area is 198 Å². The van der Waals surface area contributed by atoms with Crippen LogP contribution in [0.25, 0.3) is 11.6 Å². The number of fused-ring (bicyclic) bond motifs is 3. The number of amides is 1. The van der Waals surface area contributed by atoms with Gasteiger partial charge in [0.1, 0.15) is 29.7 Å². The van der Waals surface area contributed by atoms with Gasteiger partial charge in [0.25, 0.3) is 0 Å². The molecule has 0 bridgehead atoms. The first-order chi connectivity index (χ1) is 16.5. The summed E-state index contributed by atoms with van der Waals surface area (Å²) in [5, 5.41) is 3.58. The van der Waals surface area contributed by atoms with E-state index in [0.29, 0.717) is 44.0 Å². The molecule has 1 saturated heterocycles. The van der Waals surface area contributed by atoms with Crippen molar-refractivity contribution in [2.24, 2.45) is 0 Å². The molecule has 2 aliphatic heterocycles. The fourth-order valence-electron chi connectivity index (χ4n) is 4.90. The average Bonchev–Trinajstić information content (AvgIpc) is 3.20. The molecule has 5 heterocycles. The number of carbonyl (C=O) groups excluding carboxylic acids is 1. The van der Waals surface area contributed by atoms with Crippen LogP contribution in [0, 0.1) is 0 Å². The fraction of sp³-hybridized carbons (Fsp3) is 0.348. The molecule has 0 aromatic carbocycles. The van der Waals surface area contributed by atoms with Crippen molar-refractivity contribution in [3.05, 3.63) is 55.8 Å². The maximum absolute atomic E-state index is 12.1. The van der Waals surface area contributed by atoms with Crippen LogP contribution in [0.5, 0.6) is 5.88 Å². The second kappa shape index (κ2) is 7.94. The van der Waals surface area contributed by atoms with E-state index >= 15 is 0 Å². The SMILES string of the molecule is CC1=c2[nH]c(=O)sc2=CC(Oc2cc(N3CCC4(CC3)OC(=O)Nc3ncccc34)ncn2)C1. The zero-order chi connectivity index (χ0) is 23.3. The first-order valence-corrected chi connectivity index (χ1v) is 11.9. The van der Waals surface area contributed by atoms with Crippen LogP contribution in [0.15, 0.2) is 35.5 Å². The summed E-state index contributed by atoms with van der Waals surface area (Å²) in [6, 6.07) is 5.65.